The van der Waals surface area contributed by atoms with E-state index in [4.69, 9.17) is 10.2 Å². The molecule has 4 fully saturated rings. The molecule has 0 aliphatic heterocycles. The van der Waals surface area contributed by atoms with Crippen LogP contribution in [0.1, 0.15) is 44.0 Å². The Bertz CT molecular complexity index is 375. The minimum atomic E-state index is -0.0347. The summed E-state index contributed by atoms with van der Waals surface area (Å²) < 4.78 is 5.30. The second-order valence-corrected chi connectivity index (χ2v) is 6.31. The molecule has 0 aromatic carbocycles. The maximum atomic E-state index is 6.37. The predicted octanol–water partition coefficient (Wildman–Crippen LogP) is 2.14. The van der Waals surface area contributed by atoms with Crippen molar-refractivity contribution < 1.29 is 4.42 Å². The number of rotatable bonds is 2. The van der Waals surface area contributed by atoms with Crippen LogP contribution in [0, 0.1) is 29.6 Å². The first-order valence-electron chi connectivity index (χ1n) is 6.83. The molecule has 4 aliphatic carbocycles. The third-order valence-corrected chi connectivity index (χ3v) is 5.38. The molecule has 1 heterocycles. The average Bonchev–Trinajstić information content (AvgIpc) is 2.80. The summed E-state index contributed by atoms with van der Waals surface area (Å²) in [6, 6.07) is -0.0347. The van der Waals surface area contributed by atoms with Crippen molar-refractivity contribution in [3.8, 4) is 0 Å². The molecule has 0 radical (unpaired) electrons. The van der Waals surface area contributed by atoms with Crippen LogP contribution < -0.4 is 5.73 Å². The van der Waals surface area contributed by atoms with Gasteiger partial charge in [0.05, 0.1) is 6.04 Å². The van der Waals surface area contributed by atoms with Gasteiger partial charge >= 0.3 is 0 Å². The van der Waals surface area contributed by atoms with Crippen LogP contribution in [-0.4, -0.2) is 10.2 Å². The summed E-state index contributed by atoms with van der Waals surface area (Å²) in [5.74, 6) is 4.83. The first kappa shape index (κ1) is 10.1. The third-order valence-electron chi connectivity index (χ3n) is 5.38. The highest BCUT2D eigenvalue weighted by atomic mass is 16.4. The molecule has 5 rings (SSSR count). The van der Waals surface area contributed by atoms with E-state index < -0.39 is 0 Å². The molecule has 4 saturated carbocycles. The van der Waals surface area contributed by atoms with Crippen LogP contribution in [0.15, 0.2) is 10.8 Å². The molecule has 1 aromatic heterocycles. The Hall–Kier alpha value is -0.900. The monoisotopic (exact) mass is 233 g/mol. The highest BCUT2D eigenvalue weighted by Gasteiger charge is 2.50. The topological polar surface area (TPSA) is 64.9 Å². The Balaban J connectivity index is 1.62. The van der Waals surface area contributed by atoms with E-state index in [1.54, 1.807) is 0 Å². The summed E-state index contributed by atoms with van der Waals surface area (Å²) in [5.41, 5.74) is 6.37. The van der Waals surface area contributed by atoms with E-state index >= 15 is 0 Å². The molecule has 4 nitrogen and oxygen atoms in total. The molecule has 4 aliphatic rings. The third kappa shape index (κ3) is 1.46. The molecular formula is C13H19N3O. The second-order valence-electron chi connectivity index (χ2n) is 6.31. The fourth-order valence-electron chi connectivity index (χ4n) is 5.05. The standard InChI is InChI=1S/C13H19N3O/c14-12(13-16-15-6-17-13)11-9-2-7-1-8(4-9)5-10(11)3-7/h6-12H,1-5,14H2. The van der Waals surface area contributed by atoms with E-state index in [0.717, 1.165) is 23.7 Å². The summed E-state index contributed by atoms with van der Waals surface area (Å²) in [4.78, 5) is 0. The lowest BCUT2D eigenvalue weighted by atomic mass is 9.50. The van der Waals surface area contributed by atoms with Crippen LogP contribution in [0.3, 0.4) is 0 Å². The van der Waals surface area contributed by atoms with Crippen molar-refractivity contribution in [1.29, 1.82) is 0 Å². The zero-order valence-electron chi connectivity index (χ0n) is 9.96. The van der Waals surface area contributed by atoms with Crippen LogP contribution in [-0.2, 0) is 0 Å². The average molecular weight is 233 g/mol. The summed E-state index contributed by atoms with van der Waals surface area (Å²) in [5, 5.41) is 7.77. The molecule has 4 heteroatoms. The SMILES string of the molecule is NC(c1nnco1)C1C2CC3CC(C2)CC1C3. The van der Waals surface area contributed by atoms with Crippen molar-refractivity contribution in [1.82, 2.24) is 10.2 Å². The molecule has 1 atom stereocenters. The number of aromatic nitrogens is 2. The summed E-state index contributed by atoms with van der Waals surface area (Å²) >= 11 is 0. The van der Waals surface area contributed by atoms with Crippen LogP contribution in [0.4, 0.5) is 0 Å². The molecule has 1 aromatic rings. The van der Waals surface area contributed by atoms with E-state index in [2.05, 4.69) is 10.2 Å². The van der Waals surface area contributed by atoms with Crippen LogP contribution in [0.5, 0.6) is 0 Å². The van der Waals surface area contributed by atoms with Gasteiger partial charge in [-0.3, -0.25) is 0 Å². The van der Waals surface area contributed by atoms with Gasteiger partial charge in [-0.05, 0) is 61.7 Å². The molecule has 92 valence electrons. The second kappa shape index (κ2) is 3.55. The van der Waals surface area contributed by atoms with Gasteiger partial charge in [0.15, 0.2) is 0 Å². The van der Waals surface area contributed by atoms with Gasteiger partial charge in [-0.2, -0.15) is 0 Å². The van der Waals surface area contributed by atoms with Crippen molar-refractivity contribution in [3.05, 3.63) is 12.3 Å². The van der Waals surface area contributed by atoms with Gasteiger partial charge in [0.25, 0.3) is 0 Å². The van der Waals surface area contributed by atoms with Crippen molar-refractivity contribution >= 4 is 0 Å². The first-order chi connectivity index (χ1) is 8.31. The van der Waals surface area contributed by atoms with Crippen LogP contribution in [0.2, 0.25) is 0 Å². The van der Waals surface area contributed by atoms with E-state index in [9.17, 15) is 0 Å². The zero-order valence-corrected chi connectivity index (χ0v) is 9.96. The van der Waals surface area contributed by atoms with Crippen molar-refractivity contribution in [3.63, 3.8) is 0 Å². The lowest BCUT2D eigenvalue weighted by molar-refractivity contribution is -0.0503. The minimum absolute atomic E-state index is 0.0347. The Kier molecular flexibility index (Phi) is 2.10. The van der Waals surface area contributed by atoms with Gasteiger partial charge in [-0.15, -0.1) is 10.2 Å². The highest BCUT2D eigenvalue weighted by molar-refractivity contribution is 5.04. The summed E-state index contributed by atoms with van der Waals surface area (Å²) in [6.07, 6.45) is 8.43. The smallest absolute Gasteiger partial charge is 0.233 e. The summed E-state index contributed by atoms with van der Waals surface area (Å²) in [6.45, 7) is 0. The quantitative estimate of drug-likeness (QED) is 0.850. The van der Waals surface area contributed by atoms with Crippen molar-refractivity contribution in [2.24, 2.45) is 35.3 Å². The highest BCUT2D eigenvalue weighted by Crippen LogP contribution is 2.58. The molecule has 1 unspecified atom stereocenters. The maximum Gasteiger partial charge on any atom is 0.233 e. The first-order valence-corrected chi connectivity index (χ1v) is 6.83. The van der Waals surface area contributed by atoms with Gasteiger partial charge in [0.2, 0.25) is 12.3 Å². The number of nitrogens with zero attached hydrogens (tertiary/aromatic N) is 2. The van der Waals surface area contributed by atoms with Gasteiger partial charge in [0, 0.05) is 0 Å². The van der Waals surface area contributed by atoms with Gasteiger partial charge in [-0.25, -0.2) is 0 Å². The van der Waals surface area contributed by atoms with E-state index in [1.807, 2.05) is 0 Å². The Morgan fingerprint density at radius 3 is 2.29 bits per heavy atom. The molecule has 2 N–H and O–H groups in total. The lowest BCUT2D eigenvalue weighted by Crippen LogP contribution is -2.48. The van der Waals surface area contributed by atoms with E-state index in [0.29, 0.717) is 11.8 Å². The number of hydrogen-bond donors (Lipinski definition) is 1. The Labute approximate surface area is 101 Å². The van der Waals surface area contributed by atoms with E-state index in [-0.39, 0.29) is 6.04 Å². The van der Waals surface area contributed by atoms with Gasteiger partial charge in [0.1, 0.15) is 0 Å². The molecule has 17 heavy (non-hydrogen) atoms. The minimum Gasteiger partial charge on any atom is -0.426 e. The molecule has 0 saturated heterocycles. The Morgan fingerprint density at radius 1 is 1.12 bits per heavy atom. The predicted molar refractivity (Wildman–Crippen MR) is 61.8 cm³/mol. The number of nitrogens with two attached hydrogens (primary N) is 1. The molecular weight excluding hydrogens is 214 g/mol. The van der Waals surface area contributed by atoms with Crippen molar-refractivity contribution in [2.45, 2.75) is 38.1 Å². The zero-order chi connectivity index (χ0) is 11.4. The fourth-order valence-corrected chi connectivity index (χ4v) is 5.05. The molecule has 4 bridgehead atoms. The lowest BCUT2D eigenvalue weighted by Gasteiger charge is -2.55. The number of hydrogen-bond acceptors (Lipinski definition) is 4. The van der Waals surface area contributed by atoms with Crippen LogP contribution >= 0.6 is 0 Å². The van der Waals surface area contributed by atoms with E-state index in [1.165, 1.54) is 38.5 Å². The van der Waals surface area contributed by atoms with Gasteiger partial charge in [-0.1, -0.05) is 0 Å². The van der Waals surface area contributed by atoms with Gasteiger partial charge < -0.3 is 10.2 Å². The fraction of sp³-hybridized carbons (Fsp3) is 0.846. The Morgan fingerprint density at radius 2 is 1.76 bits per heavy atom. The normalized spacial score (nSPS) is 45.1. The molecule has 0 amide bonds. The largest absolute Gasteiger partial charge is 0.426 e. The summed E-state index contributed by atoms with van der Waals surface area (Å²) in [7, 11) is 0. The van der Waals surface area contributed by atoms with Crippen LogP contribution in [0.25, 0.3) is 0 Å². The molecule has 0 spiro atoms. The maximum absolute atomic E-state index is 6.37. The van der Waals surface area contributed by atoms with Crippen molar-refractivity contribution in [2.75, 3.05) is 0 Å².